The van der Waals surface area contributed by atoms with Crippen LogP contribution < -0.4 is 27.0 Å². The molecule has 2 aromatic heterocycles. The van der Waals surface area contributed by atoms with Crippen molar-refractivity contribution in [2.45, 2.75) is 63.1 Å². The van der Waals surface area contributed by atoms with Crippen molar-refractivity contribution in [1.29, 1.82) is 0 Å². The van der Waals surface area contributed by atoms with Gasteiger partial charge < -0.3 is 21.7 Å². The molecule has 3 fully saturated rings. The Morgan fingerprint density at radius 1 is 0.972 bits per heavy atom. The molecule has 1 aliphatic heterocycles. The summed E-state index contributed by atoms with van der Waals surface area (Å²) >= 11 is 0. The van der Waals surface area contributed by atoms with Gasteiger partial charge in [0.1, 0.15) is 5.82 Å². The number of nitrogens with two attached hydrogens (primary N) is 1. The van der Waals surface area contributed by atoms with Crippen LogP contribution in [-0.2, 0) is 9.59 Å². The lowest BCUT2D eigenvalue weighted by Gasteiger charge is -2.28. The Morgan fingerprint density at radius 2 is 1.64 bits per heavy atom. The Labute approximate surface area is 208 Å². The van der Waals surface area contributed by atoms with Gasteiger partial charge in [0.2, 0.25) is 5.91 Å². The van der Waals surface area contributed by atoms with Gasteiger partial charge in [-0.1, -0.05) is 0 Å². The van der Waals surface area contributed by atoms with Gasteiger partial charge in [-0.25, -0.2) is 9.50 Å². The standard InChI is InChI=1S/C26H30N8O2/c27-17-1-3-18(4-2-17)29-20-11-21(30-19-5-6-19)13-22(12-20)31-23-7-8-34-25(32-23)16(14-28-34)9-15-10-24(35)33-26(15)36/h7-9,11-14,17-19,29-30H,1-6,10,27H2,(H,31,32)(H,33,35,36)/b15-9-. The number of benzene rings is 1. The summed E-state index contributed by atoms with van der Waals surface area (Å²) in [6.45, 7) is 0. The van der Waals surface area contributed by atoms with Crippen molar-refractivity contribution in [3.63, 3.8) is 0 Å². The van der Waals surface area contributed by atoms with E-state index in [-0.39, 0.29) is 18.2 Å². The normalized spacial score (nSPS) is 23.2. The summed E-state index contributed by atoms with van der Waals surface area (Å²) in [5.74, 6) is -0.000407. The Hall–Kier alpha value is -3.92. The molecule has 3 aromatic rings. The van der Waals surface area contributed by atoms with Gasteiger partial charge in [0.05, 0.1) is 12.6 Å². The van der Waals surface area contributed by atoms with Crippen molar-refractivity contribution in [1.82, 2.24) is 19.9 Å². The zero-order valence-corrected chi connectivity index (χ0v) is 20.0. The summed E-state index contributed by atoms with van der Waals surface area (Å²) < 4.78 is 1.65. The molecule has 0 unspecified atom stereocenters. The molecule has 1 aromatic carbocycles. The first kappa shape index (κ1) is 22.5. The van der Waals surface area contributed by atoms with Crippen molar-refractivity contribution >= 4 is 46.4 Å². The molecule has 6 N–H and O–H groups in total. The van der Waals surface area contributed by atoms with Gasteiger partial charge in [-0.3, -0.25) is 14.9 Å². The minimum absolute atomic E-state index is 0.0671. The van der Waals surface area contributed by atoms with Gasteiger partial charge in [0.15, 0.2) is 5.65 Å². The van der Waals surface area contributed by atoms with Crippen molar-refractivity contribution in [3.8, 4) is 0 Å². The maximum absolute atomic E-state index is 12.0. The highest BCUT2D eigenvalue weighted by Gasteiger charge is 2.25. The smallest absolute Gasteiger partial charge is 0.254 e. The number of hydrogen-bond acceptors (Lipinski definition) is 8. The predicted octanol–water partition coefficient (Wildman–Crippen LogP) is 3.16. The highest BCUT2D eigenvalue weighted by atomic mass is 16.2. The van der Waals surface area contributed by atoms with E-state index < -0.39 is 0 Å². The summed E-state index contributed by atoms with van der Waals surface area (Å²) in [5, 5.41) is 17.4. The quantitative estimate of drug-likeness (QED) is 0.254. The third-order valence-corrected chi connectivity index (χ3v) is 6.92. The lowest BCUT2D eigenvalue weighted by molar-refractivity contribution is -0.124. The van der Waals surface area contributed by atoms with E-state index in [9.17, 15) is 9.59 Å². The maximum atomic E-state index is 12.0. The molecular weight excluding hydrogens is 456 g/mol. The van der Waals surface area contributed by atoms with Crippen LogP contribution in [0.25, 0.3) is 11.7 Å². The molecule has 6 rings (SSSR count). The second kappa shape index (κ2) is 9.27. The first-order valence-corrected chi connectivity index (χ1v) is 12.6. The first-order valence-electron chi connectivity index (χ1n) is 12.6. The number of anilines is 4. The summed E-state index contributed by atoms with van der Waals surface area (Å²) in [4.78, 5) is 28.3. The number of carbonyl (C=O) groups excluding carboxylic acids is 2. The number of amides is 2. The van der Waals surface area contributed by atoms with Gasteiger partial charge in [0.25, 0.3) is 5.91 Å². The van der Waals surface area contributed by atoms with Crippen LogP contribution >= 0.6 is 0 Å². The zero-order valence-electron chi connectivity index (χ0n) is 20.0. The van der Waals surface area contributed by atoms with Crippen LogP contribution in [0.2, 0.25) is 0 Å². The number of nitrogens with one attached hydrogen (secondary N) is 4. The average Bonchev–Trinajstić information content (AvgIpc) is 3.49. The number of rotatable bonds is 7. The summed E-state index contributed by atoms with van der Waals surface area (Å²) in [5.41, 5.74) is 10.8. The summed E-state index contributed by atoms with van der Waals surface area (Å²) in [6.07, 6.45) is 11.9. The van der Waals surface area contributed by atoms with Crippen molar-refractivity contribution in [3.05, 3.63) is 47.8 Å². The Bertz CT molecular complexity index is 1350. The maximum Gasteiger partial charge on any atom is 0.254 e. The molecule has 3 aliphatic rings. The van der Waals surface area contributed by atoms with Crippen LogP contribution in [-0.4, -0.2) is 44.5 Å². The first-order chi connectivity index (χ1) is 17.5. The van der Waals surface area contributed by atoms with E-state index in [1.807, 2.05) is 12.3 Å². The average molecular weight is 487 g/mol. The van der Waals surface area contributed by atoms with Crippen LogP contribution in [0.3, 0.4) is 0 Å². The van der Waals surface area contributed by atoms with E-state index in [1.54, 1.807) is 16.8 Å². The van der Waals surface area contributed by atoms with Gasteiger partial charge in [0, 0.05) is 52.5 Å². The Kier molecular flexibility index (Phi) is 5.80. The van der Waals surface area contributed by atoms with Gasteiger partial charge in [-0.15, -0.1) is 0 Å². The fourth-order valence-corrected chi connectivity index (χ4v) is 4.84. The summed E-state index contributed by atoms with van der Waals surface area (Å²) in [7, 11) is 0. The van der Waals surface area contributed by atoms with Gasteiger partial charge >= 0.3 is 0 Å². The van der Waals surface area contributed by atoms with E-state index in [0.29, 0.717) is 40.7 Å². The van der Waals surface area contributed by atoms with E-state index >= 15 is 0 Å². The van der Waals surface area contributed by atoms with Crippen LogP contribution in [0.15, 0.2) is 42.2 Å². The molecule has 2 aliphatic carbocycles. The minimum atomic E-state index is -0.367. The van der Waals surface area contributed by atoms with E-state index in [1.165, 1.54) is 12.8 Å². The number of aromatic nitrogens is 3. The van der Waals surface area contributed by atoms with Gasteiger partial charge in [-0.2, -0.15) is 5.10 Å². The topological polar surface area (TPSA) is 138 Å². The summed E-state index contributed by atoms with van der Waals surface area (Å²) in [6, 6.07) is 9.51. The number of nitrogens with zero attached hydrogens (tertiary/aromatic N) is 3. The minimum Gasteiger partial charge on any atom is -0.382 e. The fourth-order valence-electron chi connectivity index (χ4n) is 4.84. The molecule has 36 heavy (non-hydrogen) atoms. The zero-order chi connectivity index (χ0) is 24.6. The molecule has 2 saturated carbocycles. The molecule has 3 heterocycles. The fraction of sp³-hybridized carbons (Fsp3) is 0.385. The molecule has 1 saturated heterocycles. The molecule has 0 atom stereocenters. The number of hydrogen-bond donors (Lipinski definition) is 5. The van der Waals surface area contributed by atoms with Crippen molar-refractivity contribution in [2.24, 2.45) is 5.73 Å². The molecule has 186 valence electrons. The SMILES string of the molecule is NC1CCC(Nc2cc(Nc3ccn4ncc(/C=C5/CC(=O)NC5=O)c4n3)cc(NC3CC3)c2)CC1. The second-order valence-corrected chi connectivity index (χ2v) is 10.0. The molecule has 0 radical (unpaired) electrons. The highest BCUT2D eigenvalue weighted by Crippen LogP contribution is 2.31. The van der Waals surface area contributed by atoms with Crippen molar-refractivity contribution < 1.29 is 9.59 Å². The third kappa shape index (κ3) is 5.03. The largest absolute Gasteiger partial charge is 0.382 e. The van der Waals surface area contributed by atoms with Crippen molar-refractivity contribution in [2.75, 3.05) is 16.0 Å². The van der Waals surface area contributed by atoms with E-state index in [0.717, 1.165) is 42.7 Å². The van der Waals surface area contributed by atoms with Crippen LogP contribution in [0, 0.1) is 0 Å². The number of imide groups is 1. The van der Waals surface area contributed by atoms with Crippen LogP contribution in [0.4, 0.5) is 22.9 Å². The van der Waals surface area contributed by atoms with Gasteiger partial charge in [-0.05, 0) is 68.9 Å². The molecule has 0 spiro atoms. The Balaban J connectivity index is 1.26. The molecular formula is C26H30N8O2. The second-order valence-electron chi connectivity index (χ2n) is 10.0. The Morgan fingerprint density at radius 3 is 2.28 bits per heavy atom. The molecule has 10 nitrogen and oxygen atoms in total. The van der Waals surface area contributed by atoms with E-state index in [2.05, 4.69) is 44.6 Å². The predicted molar refractivity (Wildman–Crippen MR) is 139 cm³/mol. The highest BCUT2D eigenvalue weighted by molar-refractivity contribution is 6.15. The number of carbonyl (C=O) groups is 2. The van der Waals surface area contributed by atoms with Crippen LogP contribution in [0.1, 0.15) is 50.5 Å². The molecule has 0 bridgehead atoms. The lowest BCUT2D eigenvalue weighted by atomic mass is 9.91. The third-order valence-electron chi connectivity index (χ3n) is 6.92. The van der Waals surface area contributed by atoms with Crippen LogP contribution in [0.5, 0.6) is 0 Å². The number of fused-ring (bicyclic) bond motifs is 1. The van der Waals surface area contributed by atoms with E-state index in [4.69, 9.17) is 10.7 Å². The molecule has 2 amide bonds. The molecule has 10 heteroatoms. The monoisotopic (exact) mass is 486 g/mol. The lowest BCUT2D eigenvalue weighted by Crippen LogP contribution is -2.32.